The van der Waals surface area contributed by atoms with Crippen LogP contribution in [-0.4, -0.2) is 12.3 Å². The van der Waals surface area contributed by atoms with Gasteiger partial charge in [-0.05, 0) is 75.5 Å². The average molecular weight is 290 g/mol. The molecule has 0 saturated heterocycles. The molecule has 120 valence electrons. The van der Waals surface area contributed by atoms with E-state index < -0.39 is 0 Å². The summed E-state index contributed by atoms with van der Waals surface area (Å²) in [6.45, 7) is 12.7. The Morgan fingerprint density at radius 3 is 2.48 bits per heavy atom. The summed E-state index contributed by atoms with van der Waals surface area (Å²) in [7, 11) is 0. The second-order valence-corrected chi connectivity index (χ2v) is 8.18. The molecule has 2 aliphatic carbocycles. The van der Waals surface area contributed by atoms with Crippen molar-refractivity contribution in [3.63, 3.8) is 0 Å². The molecule has 2 atom stereocenters. The van der Waals surface area contributed by atoms with E-state index in [0.717, 1.165) is 30.7 Å². The molecule has 2 unspecified atom stereocenters. The molecular weight excluding hydrogens is 254 g/mol. The predicted molar refractivity (Wildman–Crippen MR) is 94.0 cm³/mol. The van der Waals surface area contributed by atoms with Gasteiger partial charge in [0.15, 0.2) is 0 Å². The molecule has 0 aromatic heterocycles. The third-order valence-corrected chi connectivity index (χ3v) is 5.91. The zero-order valence-electron chi connectivity index (χ0n) is 14.9. The lowest BCUT2D eigenvalue weighted by Gasteiger charge is -2.44. The fourth-order valence-corrected chi connectivity index (χ4v) is 4.43. The molecule has 2 aliphatic rings. The van der Waals surface area contributed by atoms with Gasteiger partial charge in [-0.25, -0.2) is 0 Å². The van der Waals surface area contributed by atoms with Gasteiger partial charge >= 0.3 is 0 Å². The first-order chi connectivity index (χ1) is 9.93. The lowest BCUT2D eigenvalue weighted by Crippen LogP contribution is -2.33. The van der Waals surface area contributed by atoms with Crippen LogP contribution in [0, 0.1) is 23.2 Å². The molecule has 0 aromatic rings. The van der Waals surface area contributed by atoms with Crippen LogP contribution < -0.4 is 0 Å². The monoisotopic (exact) mass is 289 g/mol. The molecule has 2 fully saturated rings. The summed E-state index contributed by atoms with van der Waals surface area (Å²) in [5.74, 6) is 2.51. The van der Waals surface area contributed by atoms with Crippen LogP contribution in [0.4, 0.5) is 0 Å². The fraction of sp³-hybridized carbons (Fsp3) is 0.850. The Kier molecular flexibility index (Phi) is 5.68. The third-order valence-electron chi connectivity index (χ3n) is 5.91. The topological polar surface area (TPSA) is 12.4 Å². The van der Waals surface area contributed by atoms with E-state index in [1.54, 1.807) is 5.57 Å². The van der Waals surface area contributed by atoms with E-state index in [0.29, 0.717) is 5.41 Å². The molecule has 0 bridgehead atoms. The molecule has 0 spiro atoms. The smallest absolute Gasteiger partial charge is 0.0425 e. The molecule has 1 heteroatoms. The molecule has 0 amide bonds. The summed E-state index contributed by atoms with van der Waals surface area (Å²) in [5, 5.41) is 0. The van der Waals surface area contributed by atoms with Gasteiger partial charge in [0.1, 0.15) is 0 Å². The summed E-state index contributed by atoms with van der Waals surface area (Å²) >= 11 is 0. The average Bonchev–Trinajstić information content (AvgIpc) is 2.35. The van der Waals surface area contributed by atoms with Crippen LogP contribution in [0.15, 0.2) is 16.6 Å². The molecule has 21 heavy (non-hydrogen) atoms. The SMILES string of the molecule is CCCC1(C)CC(C=C(C)CCN=C(C)C2CCC2C)C1. The summed E-state index contributed by atoms with van der Waals surface area (Å²) in [5.41, 5.74) is 3.60. The highest BCUT2D eigenvalue weighted by Gasteiger charge is 2.37. The minimum atomic E-state index is 0.644. The summed E-state index contributed by atoms with van der Waals surface area (Å²) < 4.78 is 0. The molecule has 0 aromatic carbocycles. The standard InChI is InChI=1S/C20H35N/c1-6-10-20(5)13-18(14-20)12-15(2)9-11-21-17(4)19-8-7-16(19)3/h12,16,18-19H,6-11,13-14H2,1-5H3. The molecular formula is C20H35N. The first kappa shape index (κ1) is 16.8. The number of aliphatic imine (C=N–C) groups is 1. The summed E-state index contributed by atoms with van der Waals surface area (Å²) in [6.07, 6.45) is 12.0. The van der Waals surface area contributed by atoms with E-state index in [1.165, 1.54) is 44.2 Å². The van der Waals surface area contributed by atoms with Crippen molar-refractivity contribution in [3.05, 3.63) is 11.6 Å². The zero-order chi connectivity index (χ0) is 15.5. The van der Waals surface area contributed by atoms with Gasteiger partial charge in [0.2, 0.25) is 0 Å². The second-order valence-electron chi connectivity index (χ2n) is 8.18. The van der Waals surface area contributed by atoms with E-state index in [1.807, 2.05) is 0 Å². The third kappa shape index (κ3) is 4.44. The number of hydrogen-bond acceptors (Lipinski definition) is 1. The minimum absolute atomic E-state index is 0.644. The van der Waals surface area contributed by atoms with Gasteiger partial charge in [-0.1, -0.05) is 38.8 Å². The molecule has 2 saturated carbocycles. The quantitative estimate of drug-likeness (QED) is 0.400. The van der Waals surface area contributed by atoms with Gasteiger partial charge in [-0.2, -0.15) is 0 Å². The maximum Gasteiger partial charge on any atom is 0.0425 e. The minimum Gasteiger partial charge on any atom is -0.294 e. The number of rotatable bonds is 7. The van der Waals surface area contributed by atoms with E-state index in [-0.39, 0.29) is 0 Å². The number of allylic oxidation sites excluding steroid dienone is 1. The van der Waals surface area contributed by atoms with Crippen LogP contribution in [0.5, 0.6) is 0 Å². The van der Waals surface area contributed by atoms with Crippen molar-refractivity contribution in [2.75, 3.05) is 6.54 Å². The molecule has 0 heterocycles. The van der Waals surface area contributed by atoms with E-state index >= 15 is 0 Å². The molecule has 1 nitrogen and oxygen atoms in total. The number of hydrogen-bond donors (Lipinski definition) is 0. The van der Waals surface area contributed by atoms with Gasteiger partial charge in [0.05, 0.1) is 0 Å². The Bertz CT molecular complexity index is 398. The van der Waals surface area contributed by atoms with Crippen molar-refractivity contribution in [2.45, 2.75) is 79.6 Å². The molecule has 0 N–H and O–H groups in total. The Labute approximate surface area is 132 Å². The van der Waals surface area contributed by atoms with Crippen LogP contribution in [0.25, 0.3) is 0 Å². The van der Waals surface area contributed by atoms with Gasteiger partial charge in [-0.3, -0.25) is 4.99 Å². The van der Waals surface area contributed by atoms with Gasteiger partial charge < -0.3 is 0 Å². The van der Waals surface area contributed by atoms with Crippen molar-refractivity contribution in [1.82, 2.24) is 0 Å². The Hall–Kier alpha value is -0.590. The van der Waals surface area contributed by atoms with Crippen LogP contribution in [-0.2, 0) is 0 Å². The van der Waals surface area contributed by atoms with Crippen molar-refractivity contribution in [1.29, 1.82) is 0 Å². The lowest BCUT2D eigenvalue weighted by molar-refractivity contribution is 0.0936. The van der Waals surface area contributed by atoms with Crippen LogP contribution >= 0.6 is 0 Å². The molecule has 0 radical (unpaired) electrons. The lowest BCUT2D eigenvalue weighted by atomic mass is 9.61. The first-order valence-corrected chi connectivity index (χ1v) is 9.12. The Balaban J connectivity index is 1.69. The van der Waals surface area contributed by atoms with Gasteiger partial charge in [0, 0.05) is 12.3 Å². The van der Waals surface area contributed by atoms with Crippen LogP contribution in [0.3, 0.4) is 0 Å². The summed E-state index contributed by atoms with van der Waals surface area (Å²) in [6, 6.07) is 0. The molecule has 0 aliphatic heterocycles. The highest BCUT2D eigenvalue weighted by Crippen LogP contribution is 2.49. The van der Waals surface area contributed by atoms with E-state index in [4.69, 9.17) is 4.99 Å². The molecule has 2 rings (SSSR count). The van der Waals surface area contributed by atoms with Crippen molar-refractivity contribution >= 4 is 5.71 Å². The van der Waals surface area contributed by atoms with Crippen molar-refractivity contribution in [2.24, 2.45) is 28.2 Å². The van der Waals surface area contributed by atoms with E-state index in [2.05, 4.69) is 40.7 Å². The second kappa shape index (κ2) is 7.11. The number of nitrogens with zero attached hydrogens (tertiary/aromatic N) is 1. The van der Waals surface area contributed by atoms with E-state index in [9.17, 15) is 0 Å². The van der Waals surface area contributed by atoms with Crippen molar-refractivity contribution in [3.8, 4) is 0 Å². The maximum atomic E-state index is 4.82. The first-order valence-electron chi connectivity index (χ1n) is 9.12. The van der Waals surface area contributed by atoms with Crippen LogP contribution in [0.1, 0.15) is 79.6 Å². The summed E-state index contributed by atoms with van der Waals surface area (Å²) in [4.78, 5) is 4.82. The van der Waals surface area contributed by atoms with Crippen LogP contribution in [0.2, 0.25) is 0 Å². The maximum absolute atomic E-state index is 4.82. The largest absolute Gasteiger partial charge is 0.294 e. The van der Waals surface area contributed by atoms with Gasteiger partial charge in [0.25, 0.3) is 0 Å². The normalized spacial score (nSPS) is 37.1. The van der Waals surface area contributed by atoms with Gasteiger partial charge in [-0.15, -0.1) is 0 Å². The zero-order valence-corrected chi connectivity index (χ0v) is 14.9. The Morgan fingerprint density at radius 1 is 1.24 bits per heavy atom. The predicted octanol–water partition coefficient (Wildman–Crippen LogP) is 6.05. The highest BCUT2D eigenvalue weighted by molar-refractivity contribution is 5.85. The van der Waals surface area contributed by atoms with Crippen molar-refractivity contribution < 1.29 is 0 Å². The Morgan fingerprint density at radius 2 is 1.95 bits per heavy atom. The highest BCUT2D eigenvalue weighted by atomic mass is 14.7. The fourth-order valence-electron chi connectivity index (χ4n) is 4.43.